The highest BCUT2D eigenvalue weighted by molar-refractivity contribution is 5.68. The zero-order chi connectivity index (χ0) is 14.0. The highest BCUT2D eigenvalue weighted by Crippen LogP contribution is 2.28. The first-order valence-electron chi connectivity index (χ1n) is 6.43. The summed E-state index contributed by atoms with van der Waals surface area (Å²) in [7, 11) is 0. The fourth-order valence-electron chi connectivity index (χ4n) is 2.25. The van der Waals surface area contributed by atoms with Gasteiger partial charge in [0.2, 0.25) is 0 Å². The highest BCUT2D eigenvalue weighted by Gasteiger charge is 2.11. The molecule has 0 radical (unpaired) electrons. The van der Waals surface area contributed by atoms with E-state index in [2.05, 4.69) is 13.8 Å². The third kappa shape index (κ3) is 2.60. The number of hydrogen-bond acceptors (Lipinski definition) is 1. The van der Waals surface area contributed by atoms with Crippen LogP contribution in [0.25, 0.3) is 11.1 Å². The van der Waals surface area contributed by atoms with Gasteiger partial charge in [0.15, 0.2) is 0 Å². The molecule has 0 heterocycles. The topological polar surface area (TPSA) is 26.0 Å². The maximum absolute atomic E-state index is 13.9. The summed E-state index contributed by atoms with van der Waals surface area (Å²) in [5, 5.41) is 0. The molecule has 0 saturated heterocycles. The fourth-order valence-corrected chi connectivity index (χ4v) is 2.25. The van der Waals surface area contributed by atoms with Crippen molar-refractivity contribution >= 4 is 5.69 Å². The summed E-state index contributed by atoms with van der Waals surface area (Å²) >= 11 is 0. The van der Waals surface area contributed by atoms with Crippen molar-refractivity contribution in [3.05, 3.63) is 53.1 Å². The van der Waals surface area contributed by atoms with Crippen molar-refractivity contribution in [2.45, 2.75) is 26.7 Å². The van der Waals surface area contributed by atoms with Gasteiger partial charge in [-0.1, -0.05) is 32.0 Å². The minimum absolute atomic E-state index is 0.165. The van der Waals surface area contributed by atoms with Gasteiger partial charge in [-0.25, -0.2) is 8.78 Å². The molecule has 0 aliphatic carbocycles. The molecule has 0 saturated carbocycles. The van der Waals surface area contributed by atoms with Crippen LogP contribution >= 0.6 is 0 Å². The molecule has 0 bridgehead atoms. The third-order valence-electron chi connectivity index (χ3n) is 3.37. The molecule has 0 aliphatic heterocycles. The quantitative estimate of drug-likeness (QED) is 0.817. The molecule has 3 heteroatoms. The van der Waals surface area contributed by atoms with Crippen molar-refractivity contribution in [2.75, 3.05) is 5.73 Å². The molecule has 2 rings (SSSR count). The van der Waals surface area contributed by atoms with Crippen molar-refractivity contribution in [3.63, 3.8) is 0 Å². The van der Waals surface area contributed by atoms with E-state index in [1.807, 2.05) is 18.2 Å². The Morgan fingerprint density at radius 3 is 2.21 bits per heavy atom. The smallest absolute Gasteiger partial charge is 0.146 e. The Labute approximate surface area is 112 Å². The van der Waals surface area contributed by atoms with E-state index in [1.165, 1.54) is 5.56 Å². The van der Waals surface area contributed by atoms with Crippen molar-refractivity contribution in [3.8, 4) is 11.1 Å². The molecule has 0 spiro atoms. The van der Waals surface area contributed by atoms with Crippen LogP contribution in [0, 0.1) is 11.6 Å². The molecule has 0 aromatic heterocycles. The standard InChI is InChI=1S/C16H17F2N/c1-3-10-5-6-12(7-11(10)4-2)13-8-15(18)16(19)9-14(13)17/h5-9H,3-4,19H2,1-2H3. The number of nitrogen functional groups attached to an aromatic ring is 1. The lowest BCUT2D eigenvalue weighted by Crippen LogP contribution is -1.96. The Balaban J connectivity index is 2.56. The van der Waals surface area contributed by atoms with Crippen LogP contribution in [0.5, 0.6) is 0 Å². The number of benzene rings is 2. The Kier molecular flexibility index (Phi) is 3.84. The largest absolute Gasteiger partial charge is 0.396 e. The second-order valence-electron chi connectivity index (χ2n) is 4.54. The van der Waals surface area contributed by atoms with Crippen LogP contribution in [0.15, 0.2) is 30.3 Å². The van der Waals surface area contributed by atoms with Gasteiger partial charge in [0.05, 0.1) is 5.69 Å². The summed E-state index contributed by atoms with van der Waals surface area (Å²) in [5.74, 6) is -1.08. The predicted molar refractivity (Wildman–Crippen MR) is 75.0 cm³/mol. The van der Waals surface area contributed by atoms with E-state index in [9.17, 15) is 8.78 Å². The van der Waals surface area contributed by atoms with Crippen LogP contribution in [0.3, 0.4) is 0 Å². The van der Waals surface area contributed by atoms with Gasteiger partial charge in [0.1, 0.15) is 11.6 Å². The molecule has 2 aromatic carbocycles. The number of nitrogens with two attached hydrogens (primary N) is 1. The average molecular weight is 261 g/mol. The van der Waals surface area contributed by atoms with E-state index in [0.717, 1.165) is 30.5 Å². The molecule has 0 aliphatic rings. The van der Waals surface area contributed by atoms with Crippen LogP contribution in [0.2, 0.25) is 0 Å². The summed E-state index contributed by atoms with van der Waals surface area (Å²) < 4.78 is 27.4. The van der Waals surface area contributed by atoms with Crippen LogP contribution in [0.1, 0.15) is 25.0 Å². The van der Waals surface area contributed by atoms with E-state index >= 15 is 0 Å². The lowest BCUT2D eigenvalue weighted by Gasteiger charge is -2.10. The van der Waals surface area contributed by atoms with Crippen LogP contribution < -0.4 is 5.73 Å². The molecule has 0 unspecified atom stereocenters. The molecule has 1 nitrogen and oxygen atoms in total. The first-order valence-corrected chi connectivity index (χ1v) is 6.43. The van der Waals surface area contributed by atoms with Gasteiger partial charge in [-0.05, 0) is 35.6 Å². The second kappa shape index (κ2) is 5.39. The molecule has 0 fully saturated rings. The zero-order valence-corrected chi connectivity index (χ0v) is 11.1. The molecule has 2 N–H and O–H groups in total. The second-order valence-corrected chi connectivity index (χ2v) is 4.54. The fraction of sp³-hybridized carbons (Fsp3) is 0.250. The summed E-state index contributed by atoms with van der Waals surface area (Å²) in [6.45, 7) is 4.13. The van der Waals surface area contributed by atoms with E-state index in [0.29, 0.717) is 5.56 Å². The van der Waals surface area contributed by atoms with Gasteiger partial charge >= 0.3 is 0 Å². The normalized spacial score (nSPS) is 10.7. The number of aryl methyl sites for hydroxylation is 2. The third-order valence-corrected chi connectivity index (χ3v) is 3.37. The number of halogens is 2. The Bertz CT molecular complexity index is 606. The molecule has 100 valence electrons. The van der Waals surface area contributed by atoms with E-state index in [4.69, 9.17) is 5.73 Å². The van der Waals surface area contributed by atoms with Gasteiger partial charge in [0, 0.05) is 11.6 Å². The Morgan fingerprint density at radius 1 is 0.895 bits per heavy atom. The number of anilines is 1. The minimum atomic E-state index is -0.589. The molecule has 0 amide bonds. The highest BCUT2D eigenvalue weighted by atomic mass is 19.1. The molecule has 2 aromatic rings. The summed E-state index contributed by atoms with van der Waals surface area (Å²) in [6.07, 6.45) is 1.80. The number of hydrogen-bond donors (Lipinski definition) is 1. The van der Waals surface area contributed by atoms with Crippen LogP contribution in [-0.2, 0) is 12.8 Å². The van der Waals surface area contributed by atoms with Gasteiger partial charge in [-0.2, -0.15) is 0 Å². The lowest BCUT2D eigenvalue weighted by atomic mass is 9.96. The maximum Gasteiger partial charge on any atom is 0.146 e. The Hall–Kier alpha value is -1.90. The SMILES string of the molecule is CCc1ccc(-c2cc(F)c(N)cc2F)cc1CC. The molecular weight excluding hydrogens is 244 g/mol. The number of rotatable bonds is 3. The van der Waals surface area contributed by atoms with Crippen molar-refractivity contribution in [1.82, 2.24) is 0 Å². The van der Waals surface area contributed by atoms with Crippen molar-refractivity contribution in [1.29, 1.82) is 0 Å². The molecule has 0 atom stereocenters. The van der Waals surface area contributed by atoms with E-state index in [-0.39, 0.29) is 11.3 Å². The van der Waals surface area contributed by atoms with Crippen LogP contribution in [0.4, 0.5) is 14.5 Å². The van der Waals surface area contributed by atoms with Gasteiger partial charge in [-0.3, -0.25) is 0 Å². The van der Waals surface area contributed by atoms with E-state index < -0.39 is 11.6 Å². The maximum atomic E-state index is 13.9. The summed E-state index contributed by atoms with van der Waals surface area (Å²) in [5.41, 5.74) is 8.53. The van der Waals surface area contributed by atoms with Gasteiger partial charge < -0.3 is 5.73 Å². The predicted octanol–water partition coefficient (Wildman–Crippen LogP) is 4.34. The zero-order valence-electron chi connectivity index (χ0n) is 11.1. The van der Waals surface area contributed by atoms with E-state index in [1.54, 1.807) is 0 Å². The Morgan fingerprint density at radius 2 is 1.58 bits per heavy atom. The first-order chi connectivity index (χ1) is 9.06. The average Bonchev–Trinajstić information content (AvgIpc) is 2.42. The van der Waals surface area contributed by atoms with Gasteiger partial charge in [-0.15, -0.1) is 0 Å². The lowest BCUT2D eigenvalue weighted by molar-refractivity contribution is 0.607. The van der Waals surface area contributed by atoms with Crippen molar-refractivity contribution < 1.29 is 8.78 Å². The summed E-state index contributed by atoms with van der Waals surface area (Å²) in [4.78, 5) is 0. The van der Waals surface area contributed by atoms with Crippen molar-refractivity contribution in [2.24, 2.45) is 0 Å². The summed E-state index contributed by atoms with van der Waals surface area (Å²) in [6, 6.07) is 7.91. The molecule has 19 heavy (non-hydrogen) atoms. The van der Waals surface area contributed by atoms with Crippen LogP contribution in [-0.4, -0.2) is 0 Å². The molecular formula is C16H17F2N. The monoisotopic (exact) mass is 261 g/mol. The minimum Gasteiger partial charge on any atom is -0.396 e. The first kappa shape index (κ1) is 13.5. The van der Waals surface area contributed by atoms with Gasteiger partial charge in [0.25, 0.3) is 0 Å².